The van der Waals surface area contributed by atoms with Crippen molar-refractivity contribution < 1.29 is 9.59 Å². The van der Waals surface area contributed by atoms with Crippen molar-refractivity contribution in [3.8, 4) is 17.5 Å². The largest absolute Gasteiger partial charge is 0.340 e. The molecule has 0 unspecified atom stereocenters. The van der Waals surface area contributed by atoms with Crippen LogP contribution in [0.4, 0.5) is 10.5 Å². The first-order valence-electron chi connectivity index (χ1n) is 9.11. The molecule has 0 bridgehead atoms. The van der Waals surface area contributed by atoms with Crippen LogP contribution in [0.15, 0.2) is 60.8 Å². The van der Waals surface area contributed by atoms with Gasteiger partial charge in [-0.15, -0.1) is 5.10 Å². The van der Waals surface area contributed by atoms with Gasteiger partial charge in [0.05, 0.1) is 18.4 Å². The molecule has 4 rings (SSSR count). The zero-order chi connectivity index (χ0) is 20.1. The number of hydrogen-bond donors (Lipinski definition) is 2. The first-order valence-corrected chi connectivity index (χ1v) is 9.11. The van der Waals surface area contributed by atoms with Gasteiger partial charge in [-0.3, -0.25) is 9.69 Å². The summed E-state index contributed by atoms with van der Waals surface area (Å²) in [5, 5.41) is 13.8. The van der Waals surface area contributed by atoms with Crippen LogP contribution in [0.2, 0.25) is 0 Å². The fraction of sp³-hybridized carbons (Fsp3) is 0.143. The van der Waals surface area contributed by atoms with Crippen LogP contribution in [-0.4, -0.2) is 46.6 Å². The fourth-order valence-electron chi connectivity index (χ4n) is 2.86. The number of nitrogens with one attached hydrogen (secondary N) is 2. The highest BCUT2D eigenvalue weighted by Gasteiger charge is 2.20. The van der Waals surface area contributed by atoms with Gasteiger partial charge in [0.15, 0.2) is 5.69 Å². The minimum Gasteiger partial charge on any atom is -0.340 e. The monoisotopic (exact) mass is 386 g/mol. The molecule has 2 aromatic carbocycles. The van der Waals surface area contributed by atoms with E-state index >= 15 is 0 Å². The first kappa shape index (κ1) is 18.3. The molecule has 1 aliphatic rings. The van der Waals surface area contributed by atoms with E-state index < -0.39 is 0 Å². The van der Waals surface area contributed by atoms with Crippen LogP contribution in [0.5, 0.6) is 0 Å². The van der Waals surface area contributed by atoms with Crippen LogP contribution in [0.3, 0.4) is 0 Å². The maximum absolute atomic E-state index is 12.2. The van der Waals surface area contributed by atoms with Gasteiger partial charge < -0.3 is 10.6 Å². The highest BCUT2D eigenvalue weighted by molar-refractivity contribution is 5.94. The molecule has 1 aromatic heterocycles. The molecule has 1 aliphatic heterocycles. The second-order valence-electron chi connectivity index (χ2n) is 6.27. The second-order valence-corrected chi connectivity index (χ2v) is 6.27. The van der Waals surface area contributed by atoms with Gasteiger partial charge in [-0.25, -0.2) is 4.79 Å². The molecule has 0 saturated carbocycles. The zero-order valence-corrected chi connectivity index (χ0v) is 15.5. The molecule has 1 saturated heterocycles. The Balaban J connectivity index is 1.31. The fourth-order valence-corrected chi connectivity index (χ4v) is 2.86. The topological polar surface area (TPSA) is 92.2 Å². The Morgan fingerprint density at radius 3 is 2.62 bits per heavy atom. The van der Waals surface area contributed by atoms with E-state index in [-0.39, 0.29) is 24.2 Å². The van der Waals surface area contributed by atoms with E-state index in [1.165, 1.54) is 11.0 Å². The number of anilines is 1. The van der Waals surface area contributed by atoms with Crippen LogP contribution in [-0.2, 0) is 0 Å². The Kier molecular flexibility index (Phi) is 5.21. The summed E-state index contributed by atoms with van der Waals surface area (Å²) in [5.74, 6) is 5.56. The Bertz CT molecular complexity index is 1080. The number of para-hydroxylation sites is 1. The third kappa shape index (κ3) is 4.25. The molecule has 1 fully saturated rings. The van der Waals surface area contributed by atoms with Crippen LogP contribution in [0.1, 0.15) is 16.1 Å². The summed E-state index contributed by atoms with van der Waals surface area (Å²) in [4.78, 5) is 26.9. The number of rotatable bonds is 4. The van der Waals surface area contributed by atoms with Crippen molar-refractivity contribution in [2.45, 2.75) is 0 Å². The van der Waals surface area contributed by atoms with Crippen LogP contribution in [0.25, 0.3) is 5.69 Å². The smallest absolute Gasteiger partial charge is 0.321 e. The van der Waals surface area contributed by atoms with Gasteiger partial charge in [0.25, 0.3) is 5.91 Å². The Morgan fingerprint density at radius 1 is 1.10 bits per heavy atom. The number of carbonyl (C=O) groups excluding carboxylic acids is 2. The summed E-state index contributed by atoms with van der Waals surface area (Å²) >= 11 is 0. The van der Waals surface area contributed by atoms with E-state index in [0.29, 0.717) is 13.1 Å². The predicted octanol–water partition coefficient (Wildman–Crippen LogP) is 1.58. The minimum absolute atomic E-state index is 0.0873. The van der Waals surface area contributed by atoms with Crippen molar-refractivity contribution in [3.05, 3.63) is 72.1 Å². The van der Waals surface area contributed by atoms with Crippen molar-refractivity contribution in [1.29, 1.82) is 0 Å². The van der Waals surface area contributed by atoms with Crippen molar-refractivity contribution >= 4 is 17.6 Å². The Hall–Kier alpha value is -4.12. The third-order valence-electron chi connectivity index (χ3n) is 4.32. The molecule has 0 spiro atoms. The number of benzene rings is 2. The molecular weight excluding hydrogens is 368 g/mol. The summed E-state index contributed by atoms with van der Waals surface area (Å²) in [6.45, 7) is 1.50. The highest BCUT2D eigenvalue weighted by Crippen LogP contribution is 2.16. The maximum Gasteiger partial charge on any atom is 0.321 e. The molecule has 0 atom stereocenters. The number of urea groups is 1. The van der Waals surface area contributed by atoms with Gasteiger partial charge in [-0.2, -0.15) is 9.90 Å². The minimum atomic E-state index is -0.336. The number of nitrogens with zero attached hydrogens (tertiary/aromatic N) is 4. The van der Waals surface area contributed by atoms with Gasteiger partial charge in [0, 0.05) is 24.3 Å². The Morgan fingerprint density at radius 2 is 1.90 bits per heavy atom. The van der Waals surface area contributed by atoms with Gasteiger partial charge >= 0.3 is 6.03 Å². The first-order chi connectivity index (χ1) is 14.2. The lowest BCUT2D eigenvalue weighted by atomic mass is 10.2. The molecule has 144 valence electrons. The maximum atomic E-state index is 12.2. The number of carbonyl (C=O) groups is 2. The summed E-state index contributed by atoms with van der Waals surface area (Å²) in [7, 11) is 0. The molecule has 3 amide bonds. The van der Waals surface area contributed by atoms with Crippen molar-refractivity contribution in [2.75, 3.05) is 24.5 Å². The highest BCUT2D eigenvalue weighted by atomic mass is 16.2. The molecule has 3 aromatic rings. The lowest BCUT2D eigenvalue weighted by Crippen LogP contribution is -2.27. The predicted molar refractivity (Wildman–Crippen MR) is 108 cm³/mol. The lowest BCUT2D eigenvalue weighted by Gasteiger charge is -2.13. The normalized spacial score (nSPS) is 12.8. The van der Waals surface area contributed by atoms with E-state index in [9.17, 15) is 9.59 Å². The average molecular weight is 386 g/mol. The molecule has 8 heteroatoms. The van der Waals surface area contributed by atoms with Crippen LogP contribution in [0, 0.1) is 11.8 Å². The number of aromatic nitrogens is 3. The molecular formula is C21H18N6O2. The van der Waals surface area contributed by atoms with Gasteiger partial charge in [-0.1, -0.05) is 30.0 Å². The molecule has 0 aliphatic carbocycles. The van der Waals surface area contributed by atoms with E-state index in [1.807, 2.05) is 54.6 Å². The van der Waals surface area contributed by atoms with Crippen molar-refractivity contribution in [3.63, 3.8) is 0 Å². The standard InChI is InChI=1S/C21H18N6O2/c28-20(19-15-24-27(25-19)18-6-2-1-3-7-18)22-12-4-5-16-8-10-17(11-9-16)26-14-13-23-21(26)29/h1-3,6-11,15H,12-14H2,(H,22,28)(H,23,29). The van der Waals surface area contributed by atoms with E-state index in [0.717, 1.165) is 16.9 Å². The van der Waals surface area contributed by atoms with E-state index in [4.69, 9.17) is 0 Å². The number of hydrogen-bond acceptors (Lipinski definition) is 4. The lowest BCUT2D eigenvalue weighted by molar-refractivity contribution is 0.0953. The summed E-state index contributed by atoms with van der Waals surface area (Å²) in [5.41, 5.74) is 2.64. The molecule has 8 nitrogen and oxygen atoms in total. The quantitative estimate of drug-likeness (QED) is 0.666. The SMILES string of the molecule is O=C(NCC#Cc1ccc(N2CCNC2=O)cc1)c1cnn(-c2ccccc2)n1. The number of amides is 3. The molecule has 0 radical (unpaired) electrons. The molecule has 2 heterocycles. The van der Waals surface area contributed by atoms with Crippen molar-refractivity contribution in [1.82, 2.24) is 25.6 Å². The molecule has 29 heavy (non-hydrogen) atoms. The van der Waals surface area contributed by atoms with Crippen LogP contribution >= 0.6 is 0 Å². The summed E-state index contributed by atoms with van der Waals surface area (Å²) in [6.07, 6.45) is 1.42. The van der Waals surface area contributed by atoms with E-state index in [2.05, 4.69) is 32.7 Å². The summed E-state index contributed by atoms with van der Waals surface area (Å²) < 4.78 is 0. The van der Waals surface area contributed by atoms with Crippen molar-refractivity contribution in [2.24, 2.45) is 0 Å². The van der Waals surface area contributed by atoms with Gasteiger partial charge in [0.2, 0.25) is 0 Å². The Labute approximate surface area is 167 Å². The average Bonchev–Trinajstić information content (AvgIpc) is 3.42. The summed E-state index contributed by atoms with van der Waals surface area (Å²) in [6, 6.07) is 16.7. The van der Waals surface area contributed by atoms with Gasteiger partial charge in [0.1, 0.15) is 0 Å². The molecule has 2 N–H and O–H groups in total. The zero-order valence-electron chi connectivity index (χ0n) is 15.5. The van der Waals surface area contributed by atoms with Gasteiger partial charge in [-0.05, 0) is 36.4 Å². The van der Waals surface area contributed by atoms with Crippen LogP contribution < -0.4 is 15.5 Å². The second kappa shape index (κ2) is 8.27. The van der Waals surface area contributed by atoms with E-state index in [1.54, 1.807) is 4.90 Å². The third-order valence-corrected chi connectivity index (χ3v) is 4.32.